The van der Waals surface area contributed by atoms with Crippen LogP contribution in [0, 0.1) is 0 Å². The van der Waals surface area contributed by atoms with Crippen molar-refractivity contribution in [2.45, 2.75) is 20.1 Å². The van der Waals surface area contributed by atoms with E-state index in [1.54, 1.807) is 6.20 Å². The quantitative estimate of drug-likeness (QED) is 0.655. The van der Waals surface area contributed by atoms with Crippen molar-refractivity contribution in [3.8, 4) is 0 Å². The van der Waals surface area contributed by atoms with Crippen LogP contribution in [0.4, 0.5) is 0 Å². The highest BCUT2D eigenvalue weighted by atomic mass is 16.3. The van der Waals surface area contributed by atoms with Crippen LogP contribution in [0.1, 0.15) is 12.7 Å². The molecule has 0 amide bonds. The van der Waals surface area contributed by atoms with Crippen molar-refractivity contribution in [2.75, 3.05) is 0 Å². The highest BCUT2D eigenvalue weighted by Gasteiger charge is 1.96. The lowest BCUT2D eigenvalue weighted by molar-refractivity contribution is 0.266. The molecule has 0 aliphatic heterocycles. The Hall–Kier alpha value is -1.09. The number of aliphatic hydroxyl groups is 1. The molecule has 11 heavy (non-hydrogen) atoms. The second kappa shape index (κ2) is 3.93. The number of aromatic nitrogens is 2. The predicted molar refractivity (Wildman–Crippen MR) is 43.0 cm³/mol. The predicted octanol–water partition coefficient (Wildman–Crippen LogP) is 0.952. The molecule has 0 bridgehead atoms. The van der Waals surface area contributed by atoms with E-state index in [1.807, 2.05) is 29.8 Å². The summed E-state index contributed by atoms with van der Waals surface area (Å²) in [6.07, 6.45) is 7.53. The van der Waals surface area contributed by atoms with Gasteiger partial charge in [-0.1, -0.05) is 12.2 Å². The standard InChI is InChI=1S/C8H12N2O/c1-2-3-5-10-6-4-9-8(10)7-11/h2-4,6,11H,5,7H2,1H3. The van der Waals surface area contributed by atoms with Crippen LogP contribution in [0.3, 0.4) is 0 Å². The Kier molecular flexibility index (Phi) is 2.86. The third kappa shape index (κ3) is 1.91. The molecule has 1 rings (SSSR count). The Morgan fingerprint density at radius 2 is 2.55 bits per heavy atom. The van der Waals surface area contributed by atoms with Gasteiger partial charge in [0.1, 0.15) is 12.4 Å². The van der Waals surface area contributed by atoms with Crippen molar-refractivity contribution in [3.63, 3.8) is 0 Å². The molecular weight excluding hydrogens is 140 g/mol. The summed E-state index contributed by atoms with van der Waals surface area (Å²) in [5.41, 5.74) is 0. The molecule has 0 spiro atoms. The van der Waals surface area contributed by atoms with Gasteiger partial charge < -0.3 is 9.67 Å². The zero-order valence-corrected chi connectivity index (χ0v) is 6.57. The molecule has 0 saturated heterocycles. The van der Waals surface area contributed by atoms with Crippen LogP contribution >= 0.6 is 0 Å². The highest BCUT2D eigenvalue weighted by molar-refractivity contribution is 4.93. The maximum Gasteiger partial charge on any atom is 0.134 e. The van der Waals surface area contributed by atoms with Crippen LogP contribution in [-0.2, 0) is 13.2 Å². The fraction of sp³-hybridized carbons (Fsp3) is 0.375. The summed E-state index contributed by atoms with van der Waals surface area (Å²) in [4.78, 5) is 3.97. The van der Waals surface area contributed by atoms with Crippen LogP contribution in [0.2, 0.25) is 0 Å². The van der Waals surface area contributed by atoms with Crippen LogP contribution in [0.15, 0.2) is 24.5 Å². The Labute approximate surface area is 66.0 Å². The van der Waals surface area contributed by atoms with Gasteiger partial charge in [0, 0.05) is 18.9 Å². The van der Waals surface area contributed by atoms with Crippen molar-refractivity contribution >= 4 is 0 Å². The van der Waals surface area contributed by atoms with Gasteiger partial charge in [-0.2, -0.15) is 0 Å². The average Bonchev–Trinajstić information content (AvgIpc) is 2.47. The lowest BCUT2D eigenvalue weighted by Crippen LogP contribution is -2.00. The van der Waals surface area contributed by atoms with Crippen molar-refractivity contribution in [1.29, 1.82) is 0 Å². The minimum Gasteiger partial charge on any atom is -0.388 e. The lowest BCUT2D eigenvalue weighted by atomic mass is 10.5. The van der Waals surface area contributed by atoms with Gasteiger partial charge in [-0.25, -0.2) is 4.98 Å². The van der Waals surface area contributed by atoms with Crippen LogP contribution in [0.25, 0.3) is 0 Å². The van der Waals surface area contributed by atoms with Gasteiger partial charge in [-0.3, -0.25) is 0 Å². The molecule has 0 aromatic carbocycles. The smallest absolute Gasteiger partial charge is 0.134 e. The van der Waals surface area contributed by atoms with E-state index in [4.69, 9.17) is 5.11 Å². The van der Waals surface area contributed by atoms with Crippen molar-refractivity contribution in [2.24, 2.45) is 0 Å². The summed E-state index contributed by atoms with van der Waals surface area (Å²) in [7, 11) is 0. The first-order valence-electron chi connectivity index (χ1n) is 3.60. The second-order valence-electron chi connectivity index (χ2n) is 2.22. The van der Waals surface area contributed by atoms with E-state index in [2.05, 4.69) is 4.98 Å². The largest absolute Gasteiger partial charge is 0.388 e. The molecule has 0 unspecified atom stereocenters. The van der Waals surface area contributed by atoms with Gasteiger partial charge in [-0.05, 0) is 6.92 Å². The Morgan fingerprint density at radius 3 is 3.18 bits per heavy atom. The summed E-state index contributed by atoms with van der Waals surface area (Å²) in [6, 6.07) is 0. The maximum atomic E-state index is 8.80. The lowest BCUT2D eigenvalue weighted by Gasteiger charge is -2.00. The monoisotopic (exact) mass is 152 g/mol. The summed E-state index contributed by atoms with van der Waals surface area (Å²) >= 11 is 0. The van der Waals surface area contributed by atoms with Crippen molar-refractivity contribution < 1.29 is 5.11 Å². The van der Waals surface area contributed by atoms with E-state index in [0.29, 0.717) is 5.82 Å². The third-order valence-corrected chi connectivity index (χ3v) is 1.48. The fourth-order valence-electron chi connectivity index (χ4n) is 0.877. The zero-order chi connectivity index (χ0) is 8.10. The van der Waals surface area contributed by atoms with Crippen molar-refractivity contribution in [1.82, 2.24) is 9.55 Å². The molecule has 0 aliphatic carbocycles. The number of nitrogens with zero attached hydrogens (tertiary/aromatic N) is 2. The van der Waals surface area contributed by atoms with E-state index >= 15 is 0 Å². The van der Waals surface area contributed by atoms with Crippen LogP contribution < -0.4 is 0 Å². The molecule has 3 nitrogen and oxygen atoms in total. The minimum atomic E-state index is 0.00452. The fourth-order valence-corrected chi connectivity index (χ4v) is 0.877. The molecule has 0 saturated carbocycles. The molecule has 0 radical (unpaired) electrons. The normalized spacial score (nSPS) is 11.1. The first-order chi connectivity index (χ1) is 5.38. The molecule has 0 aliphatic rings. The molecule has 3 heteroatoms. The average molecular weight is 152 g/mol. The summed E-state index contributed by atoms with van der Waals surface area (Å²) < 4.78 is 1.90. The van der Waals surface area contributed by atoms with E-state index in [0.717, 1.165) is 6.54 Å². The number of hydrogen-bond acceptors (Lipinski definition) is 2. The molecule has 0 atom stereocenters. The van der Waals surface area contributed by atoms with Gasteiger partial charge in [0.15, 0.2) is 0 Å². The maximum absolute atomic E-state index is 8.80. The van der Waals surface area contributed by atoms with E-state index in [-0.39, 0.29) is 6.61 Å². The van der Waals surface area contributed by atoms with Gasteiger partial charge in [0.2, 0.25) is 0 Å². The summed E-state index contributed by atoms with van der Waals surface area (Å²) in [5, 5.41) is 8.80. The summed E-state index contributed by atoms with van der Waals surface area (Å²) in [5.74, 6) is 0.711. The van der Waals surface area contributed by atoms with Gasteiger partial charge in [-0.15, -0.1) is 0 Å². The Bertz CT molecular complexity index is 240. The van der Waals surface area contributed by atoms with Gasteiger partial charge >= 0.3 is 0 Å². The molecule has 60 valence electrons. The molecule has 1 heterocycles. The van der Waals surface area contributed by atoms with Crippen LogP contribution in [0.5, 0.6) is 0 Å². The van der Waals surface area contributed by atoms with Crippen molar-refractivity contribution in [3.05, 3.63) is 30.4 Å². The number of aliphatic hydroxyl groups excluding tert-OH is 1. The molecule has 1 aromatic rings. The van der Waals surface area contributed by atoms with E-state index < -0.39 is 0 Å². The number of imidazole rings is 1. The molecule has 0 fully saturated rings. The Morgan fingerprint density at radius 1 is 1.73 bits per heavy atom. The minimum absolute atomic E-state index is 0.00452. The highest BCUT2D eigenvalue weighted by Crippen LogP contribution is 1.96. The van der Waals surface area contributed by atoms with Gasteiger partial charge in [0.05, 0.1) is 0 Å². The number of rotatable bonds is 3. The topological polar surface area (TPSA) is 38.0 Å². The first-order valence-corrected chi connectivity index (χ1v) is 3.60. The first kappa shape index (κ1) is 8.01. The van der Waals surface area contributed by atoms with E-state index in [1.165, 1.54) is 0 Å². The number of allylic oxidation sites excluding steroid dienone is 2. The summed E-state index contributed by atoms with van der Waals surface area (Å²) in [6.45, 7) is 2.76. The Balaban J connectivity index is 2.68. The SMILES string of the molecule is CC=CCn1ccnc1CO. The van der Waals surface area contributed by atoms with Gasteiger partial charge in [0.25, 0.3) is 0 Å². The van der Waals surface area contributed by atoms with Crippen LogP contribution in [-0.4, -0.2) is 14.7 Å². The molecule has 1 N–H and O–H groups in total. The third-order valence-electron chi connectivity index (χ3n) is 1.48. The zero-order valence-electron chi connectivity index (χ0n) is 6.57. The van der Waals surface area contributed by atoms with E-state index in [9.17, 15) is 0 Å². The molecule has 1 aromatic heterocycles. The number of hydrogen-bond donors (Lipinski definition) is 1. The second-order valence-corrected chi connectivity index (χ2v) is 2.22. The molecular formula is C8H12N2O.